The molecule has 0 fully saturated rings. The van der Waals surface area contributed by atoms with E-state index in [0.29, 0.717) is 21.4 Å². The maximum Gasteiger partial charge on any atom is 0.304 e. The highest BCUT2D eigenvalue weighted by Crippen LogP contribution is 2.30. The van der Waals surface area contributed by atoms with Gasteiger partial charge in [0.15, 0.2) is 5.13 Å². The summed E-state index contributed by atoms with van der Waals surface area (Å²) in [4.78, 5) is 28.2. The Morgan fingerprint density at radius 2 is 1.89 bits per heavy atom. The first-order valence-electron chi connectivity index (χ1n) is 8.40. The maximum atomic E-state index is 13.1. The smallest absolute Gasteiger partial charge is 0.304 e. The Labute approximate surface area is 169 Å². The summed E-state index contributed by atoms with van der Waals surface area (Å²) in [6.45, 7) is 0. The van der Waals surface area contributed by atoms with Gasteiger partial charge in [0.1, 0.15) is 5.82 Å². The molecule has 1 amide bonds. The van der Waals surface area contributed by atoms with Gasteiger partial charge in [-0.3, -0.25) is 9.59 Å². The Balaban J connectivity index is 1.74. The largest absolute Gasteiger partial charge is 0.481 e. The number of carboxylic acid groups (broad SMARTS) is 1. The SMILES string of the molecule is O=C(O)C[C@@H](Cc1ccc(F)cc1)C(=O)Nc1nc(-c2ccccc2Cl)cs1. The molecule has 0 aliphatic rings. The number of carboxylic acids is 1. The first kappa shape index (κ1) is 20.0. The van der Waals surface area contributed by atoms with Crippen molar-refractivity contribution in [1.29, 1.82) is 0 Å². The van der Waals surface area contributed by atoms with Gasteiger partial charge >= 0.3 is 5.97 Å². The average Bonchev–Trinajstić information content (AvgIpc) is 3.11. The van der Waals surface area contributed by atoms with E-state index in [1.54, 1.807) is 11.4 Å². The van der Waals surface area contributed by atoms with Crippen LogP contribution < -0.4 is 5.32 Å². The van der Waals surface area contributed by atoms with Gasteiger partial charge in [0.05, 0.1) is 18.0 Å². The highest BCUT2D eigenvalue weighted by atomic mass is 35.5. The van der Waals surface area contributed by atoms with E-state index in [4.69, 9.17) is 16.7 Å². The van der Waals surface area contributed by atoms with E-state index in [-0.39, 0.29) is 12.8 Å². The van der Waals surface area contributed by atoms with E-state index in [1.807, 2.05) is 18.2 Å². The van der Waals surface area contributed by atoms with Gasteiger partial charge in [-0.2, -0.15) is 0 Å². The molecule has 8 heteroatoms. The molecule has 0 spiro atoms. The normalized spacial score (nSPS) is 11.8. The van der Waals surface area contributed by atoms with E-state index < -0.39 is 23.6 Å². The van der Waals surface area contributed by atoms with Crippen molar-refractivity contribution in [3.8, 4) is 11.3 Å². The highest BCUT2D eigenvalue weighted by Gasteiger charge is 2.23. The second-order valence-corrected chi connectivity index (χ2v) is 7.40. The van der Waals surface area contributed by atoms with Crippen molar-refractivity contribution in [3.63, 3.8) is 0 Å². The molecule has 2 aromatic carbocycles. The van der Waals surface area contributed by atoms with Crippen LogP contribution in [0.2, 0.25) is 5.02 Å². The monoisotopic (exact) mass is 418 g/mol. The first-order chi connectivity index (χ1) is 13.4. The van der Waals surface area contributed by atoms with Crippen LogP contribution in [0.3, 0.4) is 0 Å². The summed E-state index contributed by atoms with van der Waals surface area (Å²) in [5, 5.41) is 14.5. The minimum absolute atomic E-state index is 0.182. The van der Waals surface area contributed by atoms with Gasteiger partial charge < -0.3 is 10.4 Å². The van der Waals surface area contributed by atoms with Crippen LogP contribution in [-0.2, 0) is 16.0 Å². The number of rotatable bonds is 7. The Kier molecular flexibility index (Phi) is 6.38. The molecule has 3 aromatic rings. The Bertz CT molecular complexity index is 991. The van der Waals surface area contributed by atoms with Crippen LogP contribution in [0.4, 0.5) is 9.52 Å². The van der Waals surface area contributed by atoms with Crippen molar-refractivity contribution in [1.82, 2.24) is 4.98 Å². The third kappa shape index (κ3) is 5.15. The van der Waals surface area contributed by atoms with E-state index in [0.717, 1.165) is 5.56 Å². The zero-order valence-electron chi connectivity index (χ0n) is 14.6. The molecule has 0 bridgehead atoms. The second kappa shape index (κ2) is 8.95. The van der Waals surface area contributed by atoms with E-state index >= 15 is 0 Å². The van der Waals surface area contributed by atoms with Gasteiger partial charge in [-0.05, 0) is 30.2 Å². The first-order valence-corrected chi connectivity index (χ1v) is 9.65. The number of anilines is 1. The number of hydrogen-bond donors (Lipinski definition) is 2. The third-order valence-electron chi connectivity index (χ3n) is 4.07. The van der Waals surface area contributed by atoms with E-state index in [1.165, 1.54) is 35.6 Å². The zero-order chi connectivity index (χ0) is 20.1. The number of aliphatic carboxylic acids is 1. The van der Waals surface area contributed by atoms with Crippen molar-refractivity contribution < 1.29 is 19.1 Å². The molecular weight excluding hydrogens is 403 g/mol. The minimum atomic E-state index is -1.09. The highest BCUT2D eigenvalue weighted by molar-refractivity contribution is 7.14. The molecule has 1 aromatic heterocycles. The third-order valence-corrected chi connectivity index (χ3v) is 5.16. The van der Waals surface area contributed by atoms with Crippen LogP contribution >= 0.6 is 22.9 Å². The van der Waals surface area contributed by atoms with Crippen molar-refractivity contribution in [3.05, 3.63) is 70.3 Å². The quantitative estimate of drug-likeness (QED) is 0.573. The van der Waals surface area contributed by atoms with Gasteiger partial charge in [-0.25, -0.2) is 9.37 Å². The number of thiazole rings is 1. The second-order valence-electron chi connectivity index (χ2n) is 6.13. The molecule has 0 aliphatic heterocycles. The van der Waals surface area contributed by atoms with Crippen LogP contribution in [0, 0.1) is 11.7 Å². The summed E-state index contributed by atoms with van der Waals surface area (Å²) in [7, 11) is 0. The lowest BCUT2D eigenvalue weighted by Crippen LogP contribution is -2.27. The predicted molar refractivity (Wildman–Crippen MR) is 107 cm³/mol. The van der Waals surface area contributed by atoms with Crippen molar-refractivity contribution in [2.45, 2.75) is 12.8 Å². The Morgan fingerprint density at radius 3 is 2.57 bits per heavy atom. The summed E-state index contributed by atoms with van der Waals surface area (Å²) < 4.78 is 13.1. The van der Waals surface area contributed by atoms with Crippen LogP contribution in [0.1, 0.15) is 12.0 Å². The van der Waals surface area contributed by atoms with Gasteiger partial charge in [0.2, 0.25) is 5.91 Å². The van der Waals surface area contributed by atoms with Gasteiger partial charge in [0.25, 0.3) is 0 Å². The summed E-state index contributed by atoms with van der Waals surface area (Å²) in [5.74, 6) is -2.74. The number of nitrogens with zero attached hydrogens (tertiary/aromatic N) is 1. The fraction of sp³-hybridized carbons (Fsp3) is 0.150. The van der Waals surface area contributed by atoms with Gasteiger partial charge in [-0.15, -0.1) is 11.3 Å². The van der Waals surface area contributed by atoms with Crippen LogP contribution in [0.25, 0.3) is 11.3 Å². The molecule has 3 rings (SSSR count). The number of hydrogen-bond acceptors (Lipinski definition) is 4. The average molecular weight is 419 g/mol. The molecule has 0 saturated heterocycles. The number of carbonyl (C=O) groups excluding carboxylic acids is 1. The lowest BCUT2D eigenvalue weighted by atomic mass is 9.95. The standard InChI is InChI=1S/C20H16ClFN2O3S/c21-16-4-2-1-3-15(16)17-11-28-20(23-17)24-19(27)13(10-18(25)26)9-12-5-7-14(22)8-6-12/h1-8,11,13H,9-10H2,(H,25,26)(H,23,24,27)/t13-/m1/s1. The number of benzene rings is 2. The van der Waals surface area contributed by atoms with Crippen molar-refractivity contribution in [2.24, 2.45) is 5.92 Å². The number of carbonyl (C=O) groups is 2. The molecule has 0 aliphatic carbocycles. The maximum absolute atomic E-state index is 13.1. The van der Waals surface area contributed by atoms with Crippen molar-refractivity contribution >= 4 is 39.9 Å². The number of amides is 1. The molecule has 5 nitrogen and oxygen atoms in total. The molecule has 28 heavy (non-hydrogen) atoms. The number of nitrogens with one attached hydrogen (secondary N) is 1. The minimum Gasteiger partial charge on any atom is -0.481 e. The molecular formula is C20H16ClFN2O3S. The van der Waals surface area contributed by atoms with Gasteiger partial charge in [0, 0.05) is 16.0 Å². The number of halogens is 2. The summed E-state index contributed by atoms with van der Waals surface area (Å²) in [6, 6.07) is 12.9. The van der Waals surface area contributed by atoms with Crippen LogP contribution in [0.5, 0.6) is 0 Å². The molecule has 0 saturated carbocycles. The lowest BCUT2D eigenvalue weighted by Gasteiger charge is -2.14. The summed E-state index contributed by atoms with van der Waals surface area (Å²) >= 11 is 7.40. The lowest BCUT2D eigenvalue weighted by molar-refractivity contribution is -0.140. The van der Waals surface area contributed by atoms with Crippen LogP contribution in [-0.4, -0.2) is 22.0 Å². The number of aromatic nitrogens is 1. The van der Waals surface area contributed by atoms with E-state index in [2.05, 4.69) is 10.3 Å². The van der Waals surface area contributed by atoms with Crippen LogP contribution in [0.15, 0.2) is 53.9 Å². The fourth-order valence-corrected chi connectivity index (χ4v) is 3.65. The molecule has 1 atom stereocenters. The molecule has 144 valence electrons. The zero-order valence-corrected chi connectivity index (χ0v) is 16.1. The summed E-state index contributed by atoms with van der Waals surface area (Å²) in [6.07, 6.45) is -0.160. The predicted octanol–water partition coefficient (Wildman–Crippen LogP) is 4.87. The van der Waals surface area contributed by atoms with Gasteiger partial charge in [-0.1, -0.05) is 41.9 Å². The van der Waals surface area contributed by atoms with Crippen molar-refractivity contribution in [2.75, 3.05) is 5.32 Å². The molecule has 0 radical (unpaired) electrons. The Morgan fingerprint density at radius 1 is 1.18 bits per heavy atom. The molecule has 1 heterocycles. The summed E-state index contributed by atoms with van der Waals surface area (Å²) in [5.41, 5.74) is 2.05. The molecule has 2 N–H and O–H groups in total. The van der Waals surface area contributed by atoms with E-state index in [9.17, 15) is 14.0 Å². The Hall–Kier alpha value is -2.77. The fourth-order valence-electron chi connectivity index (χ4n) is 2.70. The topological polar surface area (TPSA) is 79.3 Å². The molecule has 0 unspecified atom stereocenters.